The Kier molecular flexibility index (Phi) is 2.50. The van der Waals surface area contributed by atoms with Gasteiger partial charge in [-0.3, -0.25) is 0 Å². The molecule has 0 N–H and O–H groups in total. The second kappa shape index (κ2) is 4.35. The lowest BCUT2D eigenvalue weighted by molar-refractivity contribution is 0.204. The van der Waals surface area contributed by atoms with Gasteiger partial charge in [-0.1, -0.05) is 30.3 Å². The van der Waals surface area contributed by atoms with Crippen LogP contribution >= 0.6 is 0 Å². The van der Waals surface area contributed by atoms with Crippen molar-refractivity contribution in [3.05, 3.63) is 59.4 Å². The predicted molar refractivity (Wildman–Crippen MR) is 74.5 cm³/mol. The van der Waals surface area contributed by atoms with Crippen LogP contribution in [0.15, 0.2) is 42.6 Å². The van der Waals surface area contributed by atoms with Crippen molar-refractivity contribution in [2.24, 2.45) is 0 Å². The Balaban J connectivity index is 1.69. The highest BCUT2D eigenvalue weighted by Gasteiger charge is 2.45. The Morgan fingerprint density at radius 1 is 1.15 bits per heavy atom. The van der Waals surface area contributed by atoms with Gasteiger partial charge in [0, 0.05) is 29.7 Å². The topological polar surface area (TPSA) is 45.9 Å². The first kappa shape index (κ1) is 11.5. The molecule has 1 aromatic heterocycles. The number of ether oxygens (including phenoxy) is 1. The van der Waals surface area contributed by atoms with Crippen molar-refractivity contribution < 1.29 is 4.74 Å². The van der Waals surface area contributed by atoms with Crippen molar-refractivity contribution in [3.8, 4) is 11.8 Å². The van der Waals surface area contributed by atoms with Gasteiger partial charge >= 0.3 is 0 Å². The molecule has 2 aromatic rings. The van der Waals surface area contributed by atoms with E-state index in [0.29, 0.717) is 17.5 Å². The lowest BCUT2D eigenvalue weighted by Gasteiger charge is -2.19. The summed E-state index contributed by atoms with van der Waals surface area (Å²) in [5.74, 6) is 1.72. The largest absolute Gasteiger partial charge is 0.489 e. The van der Waals surface area contributed by atoms with Gasteiger partial charge in [0.05, 0.1) is 0 Å². The fraction of sp³-hybridized carbons (Fsp3) is 0.294. The van der Waals surface area contributed by atoms with Gasteiger partial charge in [0.1, 0.15) is 23.6 Å². The number of rotatable bonds is 1. The molecule has 3 unspecified atom stereocenters. The Hall–Kier alpha value is -2.34. The third kappa shape index (κ3) is 1.61. The van der Waals surface area contributed by atoms with Crippen molar-refractivity contribution in [2.45, 2.75) is 30.8 Å². The Morgan fingerprint density at radius 2 is 1.95 bits per heavy atom. The molecule has 1 fully saturated rings. The van der Waals surface area contributed by atoms with E-state index in [-0.39, 0.29) is 6.10 Å². The van der Waals surface area contributed by atoms with E-state index in [1.54, 1.807) is 6.07 Å². The minimum Gasteiger partial charge on any atom is -0.489 e. The Labute approximate surface area is 117 Å². The summed E-state index contributed by atoms with van der Waals surface area (Å²) in [6.07, 6.45) is 4.30. The number of aromatic nitrogens is 1. The maximum absolute atomic E-state index is 8.93. The minimum absolute atomic E-state index is 0.197. The first-order chi connectivity index (χ1) is 9.86. The molecular formula is C17H14N2O. The molecule has 1 aromatic carbocycles. The molecule has 1 aliphatic carbocycles. The summed E-state index contributed by atoms with van der Waals surface area (Å²) >= 11 is 0. The molecule has 2 aliphatic rings. The fourth-order valence-corrected chi connectivity index (χ4v) is 3.56. The molecule has 0 saturated heterocycles. The summed E-state index contributed by atoms with van der Waals surface area (Å²) in [6.45, 7) is 0. The van der Waals surface area contributed by atoms with Crippen LogP contribution in [-0.4, -0.2) is 11.1 Å². The zero-order chi connectivity index (χ0) is 13.5. The SMILES string of the molecule is N#Cc1cc2c(cn1)C1CCC(c3ccccc3)C1O2. The Bertz CT molecular complexity index is 690. The van der Waals surface area contributed by atoms with Gasteiger partial charge in [0.15, 0.2) is 0 Å². The average Bonchev–Trinajstić information content (AvgIpc) is 3.06. The normalized spacial score (nSPS) is 26.4. The molecule has 2 heterocycles. The summed E-state index contributed by atoms with van der Waals surface area (Å²) in [4.78, 5) is 4.19. The van der Waals surface area contributed by atoms with E-state index in [1.807, 2.05) is 12.3 Å². The second-order valence-electron chi connectivity index (χ2n) is 5.50. The van der Waals surface area contributed by atoms with E-state index in [9.17, 15) is 0 Å². The van der Waals surface area contributed by atoms with E-state index < -0.39 is 0 Å². The predicted octanol–water partition coefficient (Wildman–Crippen LogP) is 3.38. The number of nitrogens with zero attached hydrogens (tertiary/aromatic N) is 2. The zero-order valence-corrected chi connectivity index (χ0v) is 11.0. The van der Waals surface area contributed by atoms with E-state index in [4.69, 9.17) is 10.00 Å². The smallest absolute Gasteiger partial charge is 0.144 e. The van der Waals surface area contributed by atoms with Crippen molar-refractivity contribution in [2.75, 3.05) is 0 Å². The van der Waals surface area contributed by atoms with Crippen LogP contribution in [0.1, 0.15) is 41.5 Å². The summed E-state index contributed by atoms with van der Waals surface area (Å²) < 4.78 is 6.15. The van der Waals surface area contributed by atoms with Crippen LogP contribution in [0.5, 0.6) is 5.75 Å². The highest BCUT2D eigenvalue weighted by molar-refractivity contribution is 5.45. The molecule has 0 amide bonds. The molecule has 0 radical (unpaired) electrons. The van der Waals surface area contributed by atoms with Gasteiger partial charge in [-0.15, -0.1) is 0 Å². The second-order valence-corrected chi connectivity index (χ2v) is 5.50. The van der Waals surface area contributed by atoms with E-state index >= 15 is 0 Å². The van der Waals surface area contributed by atoms with Crippen LogP contribution in [0.3, 0.4) is 0 Å². The van der Waals surface area contributed by atoms with E-state index in [1.165, 1.54) is 11.1 Å². The molecule has 3 heteroatoms. The molecule has 20 heavy (non-hydrogen) atoms. The number of nitriles is 1. The quantitative estimate of drug-likeness (QED) is 0.791. The number of pyridine rings is 1. The van der Waals surface area contributed by atoms with Crippen LogP contribution in [0.4, 0.5) is 0 Å². The van der Waals surface area contributed by atoms with Crippen molar-refractivity contribution >= 4 is 0 Å². The lowest BCUT2D eigenvalue weighted by Crippen LogP contribution is -2.20. The molecule has 0 spiro atoms. The zero-order valence-electron chi connectivity index (χ0n) is 11.0. The van der Waals surface area contributed by atoms with Crippen LogP contribution in [0.2, 0.25) is 0 Å². The molecule has 3 nitrogen and oxygen atoms in total. The lowest BCUT2D eigenvalue weighted by atomic mass is 9.92. The van der Waals surface area contributed by atoms with Gasteiger partial charge in [0.2, 0.25) is 0 Å². The monoisotopic (exact) mass is 262 g/mol. The summed E-state index contributed by atoms with van der Waals surface area (Å²) in [5, 5.41) is 8.93. The number of fused-ring (bicyclic) bond motifs is 3. The molecular weight excluding hydrogens is 248 g/mol. The first-order valence-electron chi connectivity index (χ1n) is 6.98. The van der Waals surface area contributed by atoms with E-state index in [2.05, 4.69) is 35.3 Å². The van der Waals surface area contributed by atoms with Crippen molar-refractivity contribution in [1.82, 2.24) is 4.98 Å². The number of benzene rings is 1. The third-order valence-corrected chi connectivity index (χ3v) is 4.48. The standard InChI is InChI=1S/C17H14N2O/c18-9-12-8-16-15(10-19-12)14-7-6-13(17(14)20-16)11-4-2-1-3-5-11/h1-5,8,10,13-14,17H,6-7H2. The van der Waals surface area contributed by atoms with Crippen molar-refractivity contribution in [3.63, 3.8) is 0 Å². The highest BCUT2D eigenvalue weighted by Crippen LogP contribution is 2.52. The molecule has 0 bridgehead atoms. The van der Waals surface area contributed by atoms with Gasteiger partial charge < -0.3 is 4.74 Å². The minimum atomic E-state index is 0.197. The van der Waals surface area contributed by atoms with Gasteiger partial charge in [-0.25, -0.2) is 4.98 Å². The average molecular weight is 262 g/mol. The van der Waals surface area contributed by atoms with Gasteiger partial charge in [-0.2, -0.15) is 5.26 Å². The van der Waals surface area contributed by atoms with Crippen LogP contribution in [0.25, 0.3) is 0 Å². The molecule has 1 aliphatic heterocycles. The van der Waals surface area contributed by atoms with E-state index in [0.717, 1.165) is 18.6 Å². The number of hydrogen-bond donors (Lipinski definition) is 0. The summed E-state index contributed by atoms with van der Waals surface area (Å²) in [6, 6.07) is 14.4. The fourth-order valence-electron chi connectivity index (χ4n) is 3.56. The summed E-state index contributed by atoms with van der Waals surface area (Å²) in [7, 11) is 0. The maximum Gasteiger partial charge on any atom is 0.144 e. The van der Waals surface area contributed by atoms with Crippen LogP contribution in [-0.2, 0) is 0 Å². The summed E-state index contributed by atoms with van der Waals surface area (Å²) in [5.41, 5.74) is 2.95. The van der Waals surface area contributed by atoms with Gasteiger partial charge in [-0.05, 0) is 18.4 Å². The van der Waals surface area contributed by atoms with Crippen molar-refractivity contribution in [1.29, 1.82) is 5.26 Å². The van der Waals surface area contributed by atoms with Crippen LogP contribution < -0.4 is 4.74 Å². The molecule has 98 valence electrons. The molecule has 3 atom stereocenters. The first-order valence-corrected chi connectivity index (χ1v) is 6.98. The Morgan fingerprint density at radius 3 is 2.75 bits per heavy atom. The maximum atomic E-state index is 8.93. The number of hydrogen-bond acceptors (Lipinski definition) is 3. The third-order valence-electron chi connectivity index (χ3n) is 4.48. The van der Waals surface area contributed by atoms with Gasteiger partial charge in [0.25, 0.3) is 0 Å². The molecule has 4 rings (SSSR count). The highest BCUT2D eigenvalue weighted by atomic mass is 16.5. The van der Waals surface area contributed by atoms with Crippen LogP contribution in [0, 0.1) is 11.3 Å². The molecule has 1 saturated carbocycles.